The van der Waals surface area contributed by atoms with Gasteiger partial charge in [-0.3, -0.25) is 24.0 Å². The molecule has 1 aromatic carbocycles. The summed E-state index contributed by atoms with van der Waals surface area (Å²) >= 11 is 7.77. The van der Waals surface area contributed by atoms with E-state index in [9.17, 15) is 27.6 Å². The fourth-order valence-electron chi connectivity index (χ4n) is 6.95. The highest BCUT2D eigenvalue weighted by Gasteiger charge is 2.62. The molecule has 4 amide bonds. The molecular formula is C35H47ClN6O7S2. The minimum Gasteiger partial charge on any atom is -0.444 e. The Hall–Kier alpha value is -3.43. The van der Waals surface area contributed by atoms with Crippen LogP contribution in [0.4, 0.5) is 9.93 Å². The van der Waals surface area contributed by atoms with E-state index in [0.29, 0.717) is 36.0 Å². The maximum Gasteiger partial charge on any atom is 0.410 e. The molecule has 1 aromatic heterocycles. The first-order chi connectivity index (χ1) is 23.9. The Morgan fingerprint density at radius 3 is 2.47 bits per heavy atom. The molecule has 16 heteroatoms. The molecule has 13 nitrogen and oxygen atoms in total. The lowest BCUT2D eigenvalue weighted by Crippen LogP contribution is -2.58. The Balaban J connectivity index is 1.24. The molecule has 2 aromatic rings. The van der Waals surface area contributed by atoms with Crippen molar-refractivity contribution >= 4 is 61.9 Å². The number of hydrogen-bond donors (Lipinski definition) is 3. The quantitative estimate of drug-likeness (QED) is 0.293. The van der Waals surface area contributed by atoms with Gasteiger partial charge in [0.15, 0.2) is 5.13 Å². The number of rotatable bonds is 11. The van der Waals surface area contributed by atoms with E-state index in [2.05, 4.69) is 20.3 Å². The smallest absolute Gasteiger partial charge is 0.410 e. The summed E-state index contributed by atoms with van der Waals surface area (Å²) in [7, 11) is -3.85. The van der Waals surface area contributed by atoms with E-state index in [1.54, 1.807) is 6.07 Å². The highest BCUT2D eigenvalue weighted by Crippen LogP contribution is 2.47. The van der Waals surface area contributed by atoms with Crippen molar-refractivity contribution < 1.29 is 32.3 Å². The molecular weight excluding hydrogens is 716 g/mol. The van der Waals surface area contributed by atoms with Crippen molar-refractivity contribution in [1.82, 2.24) is 24.8 Å². The Bertz CT molecular complexity index is 1820. The number of likely N-dealkylation sites (tertiary alicyclic amines) is 1. The molecule has 3 N–H and O–H groups in total. The van der Waals surface area contributed by atoms with Gasteiger partial charge in [0.05, 0.1) is 24.0 Å². The van der Waals surface area contributed by atoms with E-state index >= 15 is 0 Å². The summed E-state index contributed by atoms with van der Waals surface area (Å²) in [4.78, 5) is 63.4. The normalized spacial score (nSPS) is 25.0. The van der Waals surface area contributed by atoms with Crippen LogP contribution in [0.15, 0.2) is 23.6 Å². The molecule has 0 radical (unpaired) electrons. The molecule has 51 heavy (non-hydrogen) atoms. The van der Waals surface area contributed by atoms with Gasteiger partial charge >= 0.3 is 6.09 Å². The number of nitrogens with zero attached hydrogens (tertiary/aromatic N) is 3. The number of sulfonamides is 1. The predicted octanol–water partition coefficient (Wildman–Crippen LogP) is 4.76. The molecule has 2 saturated carbocycles. The second kappa shape index (κ2) is 13.8. The number of halogens is 1. The number of thiazole rings is 1. The van der Waals surface area contributed by atoms with Crippen molar-refractivity contribution in [3.05, 3.63) is 45.4 Å². The average Bonchev–Trinajstić information content (AvgIpc) is 3.86. The third-order valence-corrected chi connectivity index (χ3v) is 13.3. The van der Waals surface area contributed by atoms with Gasteiger partial charge in [-0.25, -0.2) is 18.2 Å². The van der Waals surface area contributed by atoms with E-state index in [0.717, 1.165) is 16.8 Å². The topological polar surface area (TPSA) is 167 Å². The predicted molar refractivity (Wildman–Crippen MR) is 194 cm³/mol. The number of nitrogens with one attached hydrogen (secondary N) is 3. The first-order valence-electron chi connectivity index (χ1n) is 17.6. The lowest BCUT2D eigenvalue weighted by atomic mass is 9.85. The van der Waals surface area contributed by atoms with Gasteiger partial charge in [-0.2, -0.15) is 0 Å². The van der Waals surface area contributed by atoms with Gasteiger partial charge in [0, 0.05) is 23.4 Å². The van der Waals surface area contributed by atoms with E-state index in [1.807, 2.05) is 59.1 Å². The van der Waals surface area contributed by atoms with Crippen LogP contribution in [0.2, 0.25) is 5.02 Å². The van der Waals surface area contributed by atoms with Crippen LogP contribution in [0.1, 0.15) is 96.4 Å². The Morgan fingerprint density at radius 2 is 1.88 bits per heavy atom. The molecule has 278 valence electrons. The Morgan fingerprint density at radius 1 is 1.16 bits per heavy atom. The monoisotopic (exact) mass is 762 g/mol. The van der Waals surface area contributed by atoms with E-state index in [4.69, 9.17) is 16.3 Å². The molecule has 5 atom stereocenters. The van der Waals surface area contributed by atoms with Gasteiger partial charge in [-0.15, -0.1) is 11.3 Å². The molecule has 3 heterocycles. The third-order valence-electron chi connectivity index (χ3n) is 10.3. The van der Waals surface area contributed by atoms with Crippen molar-refractivity contribution in [2.75, 3.05) is 11.9 Å². The second-order valence-electron chi connectivity index (χ2n) is 15.6. The van der Waals surface area contributed by atoms with Crippen LogP contribution in [0.3, 0.4) is 0 Å². The molecule has 4 aliphatic rings. The summed E-state index contributed by atoms with van der Waals surface area (Å²) < 4.78 is 33.5. The summed E-state index contributed by atoms with van der Waals surface area (Å²) in [6, 6.07) is 3.59. The minimum atomic E-state index is -3.85. The van der Waals surface area contributed by atoms with Crippen LogP contribution in [-0.4, -0.2) is 82.5 Å². The Kier molecular flexibility index (Phi) is 10.1. The van der Waals surface area contributed by atoms with Gasteiger partial charge in [-0.1, -0.05) is 71.7 Å². The molecule has 2 aliphatic carbocycles. The van der Waals surface area contributed by atoms with Crippen LogP contribution in [-0.2, 0) is 42.2 Å². The SMILES string of the molecule is CC[C@@H]1C[C@]1(NC(=O)[C@@H]1C[C@@H](OC(=O)N2Cc3cccc(Cl)c3C2)CN1C(=O)[C@@H](Nc1nc(C(C)C)cs1)C(C)(C)C)C(=O)NS(=O)(=O)C1CC1. The molecule has 1 saturated heterocycles. The van der Waals surface area contributed by atoms with E-state index < -0.39 is 62.3 Å². The molecule has 3 fully saturated rings. The number of amides is 4. The lowest BCUT2D eigenvalue weighted by molar-refractivity contribution is -0.141. The molecule has 0 unspecified atom stereocenters. The number of hydrogen-bond acceptors (Lipinski definition) is 10. The molecule has 0 bridgehead atoms. The largest absolute Gasteiger partial charge is 0.444 e. The number of anilines is 1. The van der Waals surface area contributed by atoms with Crippen LogP contribution >= 0.6 is 22.9 Å². The van der Waals surface area contributed by atoms with Crippen molar-refractivity contribution in [2.24, 2.45) is 11.3 Å². The first kappa shape index (κ1) is 37.3. The van der Waals surface area contributed by atoms with Gasteiger partial charge in [0.25, 0.3) is 5.91 Å². The number of fused-ring (bicyclic) bond motifs is 1. The van der Waals surface area contributed by atoms with Crippen LogP contribution in [0, 0.1) is 11.3 Å². The van der Waals surface area contributed by atoms with Crippen molar-refractivity contribution in [1.29, 1.82) is 0 Å². The highest BCUT2D eigenvalue weighted by atomic mass is 35.5. The van der Waals surface area contributed by atoms with Crippen LogP contribution in [0.25, 0.3) is 0 Å². The maximum atomic E-state index is 14.6. The van der Waals surface area contributed by atoms with Crippen molar-refractivity contribution in [3.63, 3.8) is 0 Å². The van der Waals surface area contributed by atoms with Crippen LogP contribution in [0.5, 0.6) is 0 Å². The van der Waals surface area contributed by atoms with Gasteiger partial charge in [-0.05, 0) is 53.7 Å². The number of benzene rings is 1. The lowest BCUT2D eigenvalue weighted by Gasteiger charge is -2.35. The summed E-state index contributed by atoms with van der Waals surface area (Å²) in [5.74, 6) is -1.84. The van der Waals surface area contributed by atoms with E-state index in [-0.39, 0.29) is 43.7 Å². The minimum absolute atomic E-state index is 0.00860. The summed E-state index contributed by atoms with van der Waals surface area (Å²) in [6.45, 7) is 12.2. The van der Waals surface area contributed by atoms with Crippen molar-refractivity contribution in [2.45, 2.75) is 122 Å². The van der Waals surface area contributed by atoms with Crippen LogP contribution < -0.4 is 15.4 Å². The Labute approximate surface area is 308 Å². The summed E-state index contributed by atoms with van der Waals surface area (Å²) in [5, 5.41) is 8.63. The first-order valence-corrected chi connectivity index (χ1v) is 20.4. The summed E-state index contributed by atoms with van der Waals surface area (Å²) in [6.07, 6.45) is 0.346. The molecule has 2 aliphatic heterocycles. The standard InChI is InChI=1S/C35H47ClN6O7S2/c1-7-21-14-35(21,31(45)40-51(47,48)23-11-12-23)39-29(43)27-13-22(49-33(46)41-15-20-9-8-10-25(36)24(20)17-41)16-42(27)30(44)28(34(4,5)6)38-32-37-26(18-50-32)19(2)3/h8-10,18-19,21-23,27-28H,7,11-17H2,1-6H3,(H,37,38)(H,39,43)(H,40,45)/t21-,22-,27+,28-,35-/m1/s1. The van der Waals surface area contributed by atoms with E-state index in [1.165, 1.54) is 21.1 Å². The molecule has 6 rings (SSSR count). The summed E-state index contributed by atoms with van der Waals surface area (Å²) in [5.41, 5.74) is 0.609. The molecule has 0 spiro atoms. The fraction of sp³-hybridized carbons (Fsp3) is 0.629. The maximum absolute atomic E-state index is 14.6. The average molecular weight is 763 g/mol. The number of ether oxygens (including phenoxy) is 1. The number of aromatic nitrogens is 1. The van der Waals surface area contributed by atoms with Gasteiger partial charge in [0.2, 0.25) is 21.8 Å². The van der Waals surface area contributed by atoms with Crippen molar-refractivity contribution in [3.8, 4) is 0 Å². The second-order valence-corrected chi connectivity index (χ2v) is 18.8. The van der Waals surface area contributed by atoms with Gasteiger partial charge in [0.1, 0.15) is 23.7 Å². The third kappa shape index (κ3) is 7.71. The zero-order valence-corrected chi connectivity index (χ0v) is 32.2. The fourth-order valence-corrected chi connectivity index (χ4v) is 9.47. The zero-order chi connectivity index (χ0) is 37.0. The number of carbonyl (C=O) groups is 4. The highest BCUT2D eigenvalue weighted by molar-refractivity contribution is 7.91. The number of carbonyl (C=O) groups excluding carboxylic acids is 4. The zero-order valence-electron chi connectivity index (χ0n) is 29.8. The van der Waals surface area contributed by atoms with Gasteiger partial charge < -0.3 is 20.3 Å².